The van der Waals surface area contributed by atoms with Gasteiger partial charge < -0.3 is 5.11 Å². The highest BCUT2D eigenvalue weighted by Gasteiger charge is 2.43. The van der Waals surface area contributed by atoms with Crippen LogP contribution in [0.15, 0.2) is 34.9 Å². The van der Waals surface area contributed by atoms with Crippen molar-refractivity contribution in [1.82, 2.24) is 0 Å². The second kappa shape index (κ2) is 6.54. The summed E-state index contributed by atoms with van der Waals surface area (Å²) < 4.78 is 0. The number of ketones is 1. The van der Waals surface area contributed by atoms with Crippen molar-refractivity contribution >= 4 is 5.78 Å². The molecule has 2 aliphatic rings. The lowest BCUT2D eigenvalue weighted by Crippen LogP contribution is -2.25. The summed E-state index contributed by atoms with van der Waals surface area (Å²) in [4.78, 5) is 12.5. The van der Waals surface area contributed by atoms with E-state index in [1.807, 2.05) is 0 Å². The van der Waals surface area contributed by atoms with Gasteiger partial charge in [0.1, 0.15) is 0 Å². The molecule has 2 rings (SSSR count). The van der Waals surface area contributed by atoms with E-state index in [0.29, 0.717) is 12.8 Å². The first-order valence-corrected chi connectivity index (χ1v) is 8.52. The van der Waals surface area contributed by atoms with Crippen LogP contribution in [0.5, 0.6) is 0 Å². The summed E-state index contributed by atoms with van der Waals surface area (Å²) in [5.74, 6) is 0.545. The Labute approximate surface area is 135 Å². The van der Waals surface area contributed by atoms with Gasteiger partial charge in [-0.1, -0.05) is 44.6 Å². The third-order valence-electron chi connectivity index (χ3n) is 5.32. The quantitative estimate of drug-likeness (QED) is 0.710. The summed E-state index contributed by atoms with van der Waals surface area (Å²) in [6.07, 6.45) is 6.66. The van der Waals surface area contributed by atoms with Crippen molar-refractivity contribution in [3.63, 3.8) is 0 Å². The third kappa shape index (κ3) is 3.43. The molecule has 2 nitrogen and oxygen atoms in total. The normalized spacial score (nSPS) is 33.5. The molecule has 2 heteroatoms. The molecule has 0 fully saturated rings. The number of aliphatic hydroxyl groups excluding tert-OH is 1. The summed E-state index contributed by atoms with van der Waals surface area (Å²) in [6, 6.07) is 0. The maximum absolute atomic E-state index is 12.5. The van der Waals surface area contributed by atoms with E-state index in [0.717, 1.165) is 36.8 Å². The van der Waals surface area contributed by atoms with Crippen molar-refractivity contribution < 1.29 is 9.90 Å². The molecule has 0 saturated carbocycles. The lowest BCUT2D eigenvalue weighted by molar-refractivity contribution is -0.116. The molecule has 0 aliphatic heterocycles. The predicted octanol–water partition coefficient (Wildman–Crippen LogP) is 4.75. The van der Waals surface area contributed by atoms with E-state index >= 15 is 0 Å². The molecular formula is C20H30O2. The minimum atomic E-state index is -0.508. The fourth-order valence-corrected chi connectivity index (χ4v) is 4.02. The minimum Gasteiger partial charge on any atom is -0.389 e. The summed E-state index contributed by atoms with van der Waals surface area (Å²) in [5.41, 5.74) is 4.38. The second-order valence-corrected chi connectivity index (χ2v) is 7.67. The smallest absolute Gasteiger partial charge is 0.159 e. The topological polar surface area (TPSA) is 37.3 Å². The predicted molar refractivity (Wildman–Crippen MR) is 91.6 cm³/mol. The van der Waals surface area contributed by atoms with E-state index in [-0.39, 0.29) is 17.1 Å². The maximum atomic E-state index is 12.5. The van der Waals surface area contributed by atoms with E-state index in [2.05, 4.69) is 40.3 Å². The van der Waals surface area contributed by atoms with Gasteiger partial charge in [0, 0.05) is 6.42 Å². The summed E-state index contributed by atoms with van der Waals surface area (Å²) in [7, 11) is 0. The zero-order chi connectivity index (χ0) is 16.5. The van der Waals surface area contributed by atoms with Gasteiger partial charge >= 0.3 is 0 Å². The third-order valence-corrected chi connectivity index (χ3v) is 5.32. The number of carbonyl (C=O) groups excluding carboxylic acids is 1. The Balaban J connectivity index is 2.44. The van der Waals surface area contributed by atoms with Crippen molar-refractivity contribution in [3.8, 4) is 0 Å². The van der Waals surface area contributed by atoms with Crippen molar-refractivity contribution in [1.29, 1.82) is 0 Å². The summed E-state index contributed by atoms with van der Waals surface area (Å²) in [5, 5.41) is 10.5. The van der Waals surface area contributed by atoms with Crippen LogP contribution in [0.3, 0.4) is 0 Å². The first kappa shape index (κ1) is 17.2. The number of hydrogen-bond donors (Lipinski definition) is 1. The molecular weight excluding hydrogens is 272 g/mol. The zero-order valence-corrected chi connectivity index (χ0v) is 14.5. The Bertz CT molecular complexity index is 536. The number of carbonyl (C=O) groups is 1. The van der Waals surface area contributed by atoms with Gasteiger partial charge in [0.15, 0.2) is 5.78 Å². The summed E-state index contributed by atoms with van der Waals surface area (Å²) in [6.45, 7) is 12.6. The first-order chi connectivity index (χ1) is 10.2. The Morgan fingerprint density at radius 2 is 2.00 bits per heavy atom. The summed E-state index contributed by atoms with van der Waals surface area (Å²) >= 11 is 0. The van der Waals surface area contributed by atoms with Crippen molar-refractivity contribution in [2.45, 2.75) is 72.3 Å². The average molecular weight is 302 g/mol. The average Bonchev–Trinajstić information content (AvgIpc) is 2.65. The Kier molecular flexibility index (Phi) is 5.11. The number of hydrogen-bond acceptors (Lipinski definition) is 2. The van der Waals surface area contributed by atoms with Gasteiger partial charge in [-0.25, -0.2) is 0 Å². The molecule has 2 atom stereocenters. The molecule has 0 spiro atoms. The van der Waals surface area contributed by atoms with Gasteiger partial charge in [-0.05, 0) is 61.5 Å². The monoisotopic (exact) mass is 302 g/mol. The second-order valence-electron chi connectivity index (χ2n) is 7.67. The largest absolute Gasteiger partial charge is 0.389 e. The highest BCUT2D eigenvalue weighted by molar-refractivity contribution is 6.00. The molecule has 0 heterocycles. The maximum Gasteiger partial charge on any atom is 0.159 e. The fraction of sp³-hybridized carbons (Fsp3) is 0.650. The van der Waals surface area contributed by atoms with E-state index < -0.39 is 6.10 Å². The molecule has 0 saturated heterocycles. The lowest BCUT2D eigenvalue weighted by Gasteiger charge is -2.31. The Hall–Kier alpha value is -1.15. The molecule has 0 aromatic heterocycles. The van der Waals surface area contributed by atoms with E-state index in [1.165, 1.54) is 11.1 Å². The van der Waals surface area contributed by atoms with Gasteiger partial charge in [0.2, 0.25) is 0 Å². The zero-order valence-electron chi connectivity index (χ0n) is 14.5. The molecule has 122 valence electrons. The van der Waals surface area contributed by atoms with E-state index in [4.69, 9.17) is 0 Å². The van der Waals surface area contributed by atoms with E-state index in [1.54, 1.807) is 0 Å². The molecule has 0 unspecified atom stereocenters. The number of aliphatic hydroxyl groups is 1. The van der Waals surface area contributed by atoms with Crippen LogP contribution in [0.1, 0.15) is 66.2 Å². The number of Topliss-reactive ketones (excluding diaryl/α,β-unsaturated/α-hetero) is 1. The van der Waals surface area contributed by atoms with E-state index in [9.17, 15) is 9.90 Å². The Morgan fingerprint density at radius 3 is 2.64 bits per heavy atom. The molecule has 22 heavy (non-hydrogen) atoms. The van der Waals surface area contributed by atoms with Crippen LogP contribution in [0.2, 0.25) is 0 Å². The first-order valence-electron chi connectivity index (χ1n) is 8.52. The SMILES string of the molecule is C=C1CC/C=C(\C)CCC2=C(C(C)C)C(=O)C[C@@]2(C)C[C@H]1O. The van der Waals surface area contributed by atoms with Crippen LogP contribution in [0.25, 0.3) is 0 Å². The van der Waals surface area contributed by atoms with Gasteiger partial charge in [0.25, 0.3) is 0 Å². The molecule has 0 bridgehead atoms. The van der Waals surface area contributed by atoms with Crippen LogP contribution in [-0.2, 0) is 4.79 Å². The van der Waals surface area contributed by atoms with Crippen LogP contribution in [0, 0.1) is 11.3 Å². The van der Waals surface area contributed by atoms with Crippen LogP contribution in [0.4, 0.5) is 0 Å². The molecule has 0 aromatic rings. The number of allylic oxidation sites excluding steroid dienone is 4. The Morgan fingerprint density at radius 1 is 1.32 bits per heavy atom. The van der Waals surface area contributed by atoms with Gasteiger partial charge in [-0.2, -0.15) is 0 Å². The molecule has 0 amide bonds. The van der Waals surface area contributed by atoms with Crippen molar-refractivity contribution in [2.24, 2.45) is 11.3 Å². The van der Waals surface area contributed by atoms with Crippen molar-refractivity contribution in [2.75, 3.05) is 0 Å². The molecule has 1 N–H and O–H groups in total. The molecule has 0 aromatic carbocycles. The van der Waals surface area contributed by atoms with Gasteiger partial charge in [-0.3, -0.25) is 4.79 Å². The highest BCUT2D eigenvalue weighted by atomic mass is 16.3. The fourth-order valence-electron chi connectivity index (χ4n) is 4.02. The van der Waals surface area contributed by atoms with Crippen molar-refractivity contribution in [3.05, 3.63) is 34.9 Å². The number of fused-ring (bicyclic) bond motifs is 1. The minimum absolute atomic E-state index is 0.205. The van der Waals surface area contributed by atoms with Gasteiger partial charge in [0.05, 0.1) is 6.10 Å². The van der Waals surface area contributed by atoms with Gasteiger partial charge in [-0.15, -0.1) is 0 Å². The standard InChI is InChI=1S/C20H30O2/c1-13(2)19-16-10-9-14(3)7-6-8-15(4)17(21)11-20(16,5)12-18(19)22/h7,13,17,21H,4,6,8-12H2,1-3,5H3/b14-7+/t17-,20-/m1/s1. The highest BCUT2D eigenvalue weighted by Crippen LogP contribution is 2.49. The molecule has 2 aliphatic carbocycles. The van der Waals surface area contributed by atoms with Crippen LogP contribution in [-0.4, -0.2) is 17.0 Å². The molecule has 0 radical (unpaired) electrons. The lowest BCUT2D eigenvalue weighted by atomic mass is 9.74. The van der Waals surface area contributed by atoms with Crippen LogP contribution < -0.4 is 0 Å². The number of rotatable bonds is 1. The van der Waals surface area contributed by atoms with Crippen LogP contribution >= 0.6 is 0 Å².